The van der Waals surface area contributed by atoms with Crippen molar-refractivity contribution in [2.24, 2.45) is 0 Å². The summed E-state index contributed by atoms with van der Waals surface area (Å²) in [6.07, 6.45) is 3.08. The molecular weight excluding hydrogens is 420 g/mol. The summed E-state index contributed by atoms with van der Waals surface area (Å²) in [6, 6.07) is 8.49. The zero-order chi connectivity index (χ0) is 20.9. The van der Waals surface area contributed by atoms with Crippen LogP contribution in [0.3, 0.4) is 0 Å². The zero-order valence-corrected chi connectivity index (χ0v) is 17.6. The predicted octanol–water partition coefficient (Wildman–Crippen LogP) is 3.84. The number of amides is 2. The molecule has 30 heavy (non-hydrogen) atoms. The maximum atomic E-state index is 12.3. The fraction of sp³-hybridized carbons (Fsp3) is 0.150. The van der Waals surface area contributed by atoms with Gasteiger partial charge in [-0.2, -0.15) is 16.4 Å². The number of anilines is 2. The topological polar surface area (TPSA) is 102 Å². The van der Waals surface area contributed by atoms with Crippen molar-refractivity contribution in [1.29, 1.82) is 0 Å². The van der Waals surface area contributed by atoms with Crippen LogP contribution in [-0.4, -0.2) is 31.6 Å². The maximum Gasteiger partial charge on any atom is 0.249 e. The number of carbonyl (C=O) groups is 2. The molecule has 152 valence electrons. The number of rotatable bonds is 7. The third-order valence-electron chi connectivity index (χ3n) is 4.31. The van der Waals surface area contributed by atoms with Gasteiger partial charge in [0, 0.05) is 27.7 Å². The second kappa shape index (κ2) is 8.97. The summed E-state index contributed by atoms with van der Waals surface area (Å²) in [7, 11) is 0. The van der Waals surface area contributed by atoms with Gasteiger partial charge in [-0.3, -0.25) is 9.59 Å². The number of thiazole rings is 1. The van der Waals surface area contributed by atoms with Gasteiger partial charge in [-0.1, -0.05) is 0 Å². The SMILES string of the molecule is C[C@@H](C(=O)Nc1ccc(NC(=O)Cc2csc(-c3ccsc3)n2)cc1)n1cncn1. The molecule has 0 unspecified atom stereocenters. The summed E-state index contributed by atoms with van der Waals surface area (Å²) in [4.78, 5) is 33.0. The van der Waals surface area contributed by atoms with Gasteiger partial charge < -0.3 is 10.6 Å². The van der Waals surface area contributed by atoms with E-state index in [1.165, 1.54) is 28.7 Å². The maximum absolute atomic E-state index is 12.3. The van der Waals surface area contributed by atoms with Crippen LogP contribution in [0, 0.1) is 0 Å². The number of thiophene rings is 1. The molecule has 0 aliphatic heterocycles. The van der Waals surface area contributed by atoms with E-state index >= 15 is 0 Å². The molecule has 2 N–H and O–H groups in total. The first-order valence-electron chi connectivity index (χ1n) is 9.10. The van der Waals surface area contributed by atoms with Crippen LogP contribution < -0.4 is 10.6 Å². The number of nitrogens with one attached hydrogen (secondary N) is 2. The van der Waals surface area contributed by atoms with Crippen molar-refractivity contribution in [3.8, 4) is 10.6 Å². The highest BCUT2D eigenvalue weighted by atomic mass is 32.1. The highest BCUT2D eigenvalue weighted by Gasteiger charge is 2.15. The molecule has 0 aliphatic rings. The second-order valence-electron chi connectivity index (χ2n) is 6.50. The van der Waals surface area contributed by atoms with E-state index in [1.54, 1.807) is 42.5 Å². The lowest BCUT2D eigenvalue weighted by Gasteiger charge is -2.12. The van der Waals surface area contributed by atoms with Gasteiger partial charge >= 0.3 is 0 Å². The monoisotopic (exact) mass is 438 g/mol. The first kappa shape index (κ1) is 19.9. The Morgan fingerprint density at radius 2 is 1.87 bits per heavy atom. The summed E-state index contributed by atoms with van der Waals surface area (Å²) in [6.45, 7) is 1.74. The van der Waals surface area contributed by atoms with Crippen molar-refractivity contribution >= 4 is 45.9 Å². The Hall–Kier alpha value is -3.37. The Kier molecular flexibility index (Phi) is 5.96. The number of hydrogen-bond acceptors (Lipinski definition) is 7. The van der Waals surface area contributed by atoms with E-state index in [-0.39, 0.29) is 18.2 Å². The van der Waals surface area contributed by atoms with E-state index in [2.05, 4.69) is 25.7 Å². The molecule has 10 heteroatoms. The van der Waals surface area contributed by atoms with Gasteiger partial charge in [0.1, 0.15) is 23.7 Å². The second-order valence-corrected chi connectivity index (χ2v) is 8.14. The van der Waals surface area contributed by atoms with Crippen molar-refractivity contribution < 1.29 is 9.59 Å². The summed E-state index contributed by atoms with van der Waals surface area (Å²) in [5.74, 6) is -0.351. The Labute approximate surface area is 180 Å². The summed E-state index contributed by atoms with van der Waals surface area (Å²) >= 11 is 3.15. The summed E-state index contributed by atoms with van der Waals surface area (Å²) in [5.41, 5.74) is 3.09. The number of hydrogen-bond donors (Lipinski definition) is 2. The first-order chi connectivity index (χ1) is 14.6. The average molecular weight is 439 g/mol. The Morgan fingerprint density at radius 1 is 1.10 bits per heavy atom. The fourth-order valence-electron chi connectivity index (χ4n) is 2.70. The van der Waals surface area contributed by atoms with Crippen LogP contribution in [0.25, 0.3) is 10.6 Å². The smallest absolute Gasteiger partial charge is 0.249 e. The number of carbonyl (C=O) groups excluding carboxylic acids is 2. The Balaban J connectivity index is 1.31. The van der Waals surface area contributed by atoms with E-state index in [0.717, 1.165) is 16.3 Å². The Morgan fingerprint density at radius 3 is 2.53 bits per heavy atom. The fourth-order valence-corrected chi connectivity index (χ4v) is 4.23. The van der Waals surface area contributed by atoms with Crippen molar-refractivity contribution in [3.05, 3.63) is 64.8 Å². The molecule has 4 aromatic rings. The molecule has 3 aromatic heterocycles. The minimum atomic E-state index is -0.482. The normalized spacial score (nSPS) is 11.8. The molecule has 0 bridgehead atoms. The van der Waals surface area contributed by atoms with Gasteiger partial charge in [-0.25, -0.2) is 14.6 Å². The van der Waals surface area contributed by atoms with E-state index < -0.39 is 6.04 Å². The van der Waals surface area contributed by atoms with Gasteiger partial charge in [0.15, 0.2) is 0 Å². The van der Waals surface area contributed by atoms with Crippen molar-refractivity contribution in [1.82, 2.24) is 19.7 Å². The molecule has 0 radical (unpaired) electrons. The minimum absolute atomic E-state index is 0.145. The van der Waals surface area contributed by atoms with Crippen LogP contribution in [0.15, 0.2) is 59.1 Å². The third-order valence-corrected chi connectivity index (χ3v) is 5.93. The lowest BCUT2D eigenvalue weighted by Crippen LogP contribution is -2.24. The number of nitrogens with zero attached hydrogens (tertiary/aromatic N) is 4. The van der Waals surface area contributed by atoms with Crippen molar-refractivity contribution in [2.75, 3.05) is 10.6 Å². The molecule has 0 spiro atoms. The van der Waals surface area contributed by atoms with E-state index in [0.29, 0.717) is 11.4 Å². The quantitative estimate of drug-likeness (QED) is 0.456. The van der Waals surface area contributed by atoms with Crippen molar-refractivity contribution in [2.45, 2.75) is 19.4 Å². The molecule has 2 amide bonds. The van der Waals surface area contributed by atoms with Gasteiger partial charge in [0.05, 0.1) is 12.1 Å². The minimum Gasteiger partial charge on any atom is -0.326 e. The first-order valence-corrected chi connectivity index (χ1v) is 10.9. The third kappa shape index (κ3) is 4.78. The molecule has 0 saturated carbocycles. The van der Waals surface area contributed by atoms with E-state index in [1.807, 2.05) is 22.2 Å². The van der Waals surface area contributed by atoms with Gasteiger partial charge in [-0.05, 0) is 42.6 Å². The summed E-state index contributed by atoms with van der Waals surface area (Å²) < 4.78 is 1.48. The highest BCUT2D eigenvalue weighted by molar-refractivity contribution is 7.14. The van der Waals surface area contributed by atoms with E-state index in [9.17, 15) is 9.59 Å². The molecule has 1 aromatic carbocycles. The van der Waals surface area contributed by atoms with Crippen molar-refractivity contribution in [3.63, 3.8) is 0 Å². The largest absolute Gasteiger partial charge is 0.326 e. The van der Waals surface area contributed by atoms with Gasteiger partial charge in [0.2, 0.25) is 11.8 Å². The molecule has 3 heterocycles. The van der Waals surface area contributed by atoms with Crippen LogP contribution in [0.2, 0.25) is 0 Å². The highest BCUT2D eigenvalue weighted by Crippen LogP contribution is 2.26. The predicted molar refractivity (Wildman–Crippen MR) is 118 cm³/mol. The van der Waals surface area contributed by atoms with E-state index in [4.69, 9.17) is 0 Å². The molecule has 4 rings (SSSR count). The average Bonchev–Trinajstić information content (AvgIpc) is 3.50. The number of benzene rings is 1. The molecule has 0 fully saturated rings. The molecule has 1 atom stereocenters. The van der Waals surface area contributed by atoms with Crippen LogP contribution in [0.4, 0.5) is 11.4 Å². The van der Waals surface area contributed by atoms with Crippen LogP contribution >= 0.6 is 22.7 Å². The zero-order valence-electron chi connectivity index (χ0n) is 16.0. The van der Waals surface area contributed by atoms with Crippen LogP contribution in [0.5, 0.6) is 0 Å². The molecular formula is C20H18N6O2S2. The Bertz CT molecular complexity index is 1120. The standard InChI is InChI=1S/C20H18N6O2S2/c1-13(26-12-21-11-22-26)19(28)24-16-4-2-15(3-5-16)23-18(27)8-17-10-30-20(25-17)14-6-7-29-9-14/h2-7,9-13H,8H2,1H3,(H,23,27)(H,24,28)/t13-/m0/s1. The summed E-state index contributed by atoms with van der Waals surface area (Å²) in [5, 5.41) is 16.5. The lowest BCUT2D eigenvalue weighted by molar-refractivity contribution is -0.119. The lowest BCUT2D eigenvalue weighted by atomic mass is 10.2. The van der Waals surface area contributed by atoms with Crippen LogP contribution in [0.1, 0.15) is 18.7 Å². The molecule has 0 saturated heterocycles. The molecule has 0 aliphatic carbocycles. The number of aromatic nitrogens is 4. The van der Waals surface area contributed by atoms with Crippen LogP contribution in [-0.2, 0) is 16.0 Å². The van der Waals surface area contributed by atoms with Gasteiger partial charge in [-0.15, -0.1) is 11.3 Å². The molecule has 8 nitrogen and oxygen atoms in total. The van der Waals surface area contributed by atoms with Gasteiger partial charge in [0.25, 0.3) is 0 Å².